The first kappa shape index (κ1) is 12.2. The first-order valence-electron chi connectivity index (χ1n) is 6.24. The summed E-state index contributed by atoms with van der Waals surface area (Å²) in [4.78, 5) is 16.6. The minimum atomic E-state index is -0.130. The minimum absolute atomic E-state index is 0.130. The van der Waals surface area contributed by atoms with Gasteiger partial charge in [0.25, 0.3) is 5.56 Å². The van der Waals surface area contributed by atoms with Crippen LogP contribution < -0.4 is 11.3 Å². The number of nitrogens with zero attached hydrogens (tertiary/aromatic N) is 2. The largest absolute Gasteiger partial charge is 0.399 e. The molecule has 3 aromatic rings. The molecule has 4 nitrogen and oxygen atoms in total. The van der Waals surface area contributed by atoms with E-state index in [0.717, 1.165) is 5.56 Å². The lowest BCUT2D eigenvalue weighted by atomic mass is 10.2. The van der Waals surface area contributed by atoms with Crippen molar-refractivity contribution in [2.75, 3.05) is 5.73 Å². The molecule has 0 amide bonds. The fourth-order valence-electron chi connectivity index (χ4n) is 1.99. The average Bonchev–Trinajstić information content (AvgIpc) is 2.48. The second-order valence-corrected chi connectivity index (χ2v) is 4.46. The molecular weight excluding hydrogens is 250 g/mol. The Labute approximate surface area is 115 Å². The van der Waals surface area contributed by atoms with Crippen LogP contribution in [0.5, 0.6) is 0 Å². The SMILES string of the molecule is Nc1ccc2ncn(C=Cc3ccccc3)c(=O)c2c1. The fraction of sp³-hybridized carbons (Fsp3) is 0. The molecule has 0 atom stereocenters. The van der Waals surface area contributed by atoms with E-state index in [9.17, 15) is 4.79 Å². The number of nitrogen functional groups attached to an aromatic ring is 1. The normalized spacial score (nSPS) is 11.2. The van der Waals surface area contributed by atoms with E-state index in [-0.39, 0.29) is 5.56 Å². The molecule has 98 valence electrons. The number of benzene rings is 2. The van der Waals surface area contributed by atoms with Crippen LogP contribution in [0.25, 0.3) is 23.2 Å². The van der Waals surface area contributed by atoms with Crippen molar-refractivity contribution in [3.05, 3.63) is 70.8 Å². The van der Waals surface area contributed by atoms with Crippen molar-refractivity contribution in [2.45, 2.75) is 0 Å². The molecule has 1 heterocycles. The van der Waals surface area contributed by atoms with Gasteiger partial charge in [-0.1, -0.05) is 30.3 Å². The quantitative estimate of drug-likeness (QED) is 0.723. The van der Waals surface area contributed by atoms with Gasteiger partial charge in [0.2, 0.25) is 0 Å². The molecule has 1 aromatic heterocycles. The van der Waals surface area contributed by atoms with Gasteiger partial charge in [0.1, 0.15) is 6.33 Å². The molecule has 0 aliphatic carbocycles. The monoisotopic (exact) mass is 263 g/mol. The first-order chi connectivity index (χ1) is 9.74. The molecule has 0 radical (unpaired) electrons. The van der Waals surface area contributed by atoms with Gasteiger partial charge in [-0.2, -0.15) is 0 Å². The van der Waals surface area contributed by atoms with Gasteiger partial charge in [-0.3, -0.25) is 9.36 Å². The number of hydrogen-bond donors (Lipinski definition) is 1. The lowest BCUT2D eigenvalue weighted by Gasteiger charge is -2.02. The Morgan fingerprint density at radius 3 is 2.70 bits per heavy atom. The maximum absolute atomic E-state index is 12.3. The van der Waals surface area contributed by atoms with Gasteiger partial charge in [-0.15, -0.1) is 0 Å². The number of rotatable bonds is 2. The van der Waals surface area contributed by atoms with Crippen LogP contribution in [0, 0.1) is 0 Å². The number of hydrogen-bond acceptors (Lipinski definition) is 3. The zero-order valence-electron chi connectivity index (χ0n) is 10.7. The van der Waals surface area contributed by atoms with Crippen molar-refractivity contribution in [3.63, 3.8) is 0 Å². The topological polar surface area (TPSA) is 60.9 Å². The lowest BCUT2D eigenvalue weighted by molar-refractivity contribution is 1.03. The smallest absolute Gasteiger partial charge is 0.265 e. The van der Waals surface area contributed by atoms with Crippen molar-refractivity contribution < 1.29 is 0 Å². The maximum Gasteiger partial charge on any atom is 0.265 e. The van der Waals surface area contributed by atoms with Crippen molar-refractivity contribution in [1.29, 1.82) is 0 Å². The highest BCUT2D eigenvalue weighted by atomic mass is 16.1. The Morgan fingerprint density at radius 2 is 1.90 bits per heavy atom. The van der Waals surface area contributed by atoms with Crippen LogP contribution in [0.3, 0.4) is 0 Å². The zero-order chi connectivity index (χ0) is 13.9. The second kappa shape index (κ2) is 5.01. The Balaban J connectivity index is 2.07. The average molecular weight is 263 g/mol. The number of nitrogens with two attached hydrogens (primary N) is 1. The van der Waals surface area contributed by atoms with E-state index in [4.69, 9.17) is 5.73 Å². The van der Waals surface area contributed by atoms with E-state index in [1.165, 1.54) is 10.9 Å². The Bertz CT molecular complexity index is 835. The number of anilines is 1. The molecule has 3 rings (SSSR count). The van der Waals surface area contributed by atoms with Crippen LogP contribution >= 0.6 is 0 Å². The van der Waals surface area contributed by atoms with Crippen molar-refractivity contribution >= 4 is 28.9 Å². The van der Waals surface area contributed by atoms with E-state index in [2.05, 4.69) is 4.98 Å². The third-order valence-corrected chi connectivity index (χ3v) is 3.03. The predicted octanol–water partition coefficient (Wildman–Crippen LogP) is 2.61. The third kappa shape index (κ3) is 2.31. The van der Waals surface area contributed by atoms with Gasteiger partial charge in [-0.05, 0) is 29.8 Å². The molecule has 20 heavy (non-hydrogen) atoms. The van der Waals surface area contributed by atoms with Crippen LogP contribution in [0.2, 0.25) is 0 Å². The van der Waals surface area contributed by atoms with Crippen LogP contribution in [-0.2, 0) is 0 Å². The molecule has 0 spiro atoms. The molecule has 4 heteroatoms. The summed E-state index contributed by atoms with van der Waals surface area (Å²) in [7, 11) is 0. The molecule has 0 saturated heterocycles. The van der Waals surface area contributed by atoms with Gasteiger partial charge < -0.3 is 5.73 Å². The molecule has 0 fully saturated rings. The summed E-state index contributed by atoms with van der Waals surface area (Å²) in [6.45, 7) is 0. The Kier molecular flexibility index (Phi) is 3.05. The Morgan fingerprint density at radius 1 is 1.10 bits per heavy atom. The zero-order valence-corrected chi connectivity index (χ0v) is 10.7. The van der Waals surface area contributed by atoms with E-state index < -0.39 is 0 Å². The van der Waals surface area contributed by atoms with Gasteiger partial charge in [0.05, 0.1) is 10.9 Å². The summed E-state index contributed by atoms with van der Waals surface area (Å²) >= 11 is 0. The van der Waals surface area contributed by atoms with E-state index in [0.29, 0.717) is 16.6 Å². The summed E-state index contributed by atoms with van der Waals surface area (Å²) in [5.41, 5.74) is 7.81. The second-order valence-electron chi connectivity index (χ2n) is 4.46. The van der Waals surface area contributed by atoms with Gasteiger partial charge in [0, 0.05) is 11.9 Å². The molecule has 2 N–H and O–H groups in total. The van der Waals surface area contributed by atoms with Crippen molar-refractivity contribution in [2.24, 2.45) is 0 Å². The lowest BCUT2D eigenvalue weighted by Crippen LogP contribution is -2.16. The van der Waals surface area contributed by atoms with E-state index >= 15 is 0 Å². The fourth-order valence-corrected chi connectivity index (χ4v) is 1.99. The third-order valence-electron chi connectivity index (χ3n) is 3.03. The molecule has 0 unspecified atom stereocenters. The highest BCUT2D eigenvalue weighted by molar-refractivity contribution is 5.81. The van der Waals surface area contributed by atoms with Crippen LogP contribution in [0.1, 0.15) is 5.56 Å². The molecular formula is C16H13N3O. The predicted molar refractivity (Wildman–Crippen MR) is 82.1 cm³/mol. The standard InChI is InChI=1S/C16H13N3O/c17-13-6-7-15-14(10-13)16(20)19(11-18-15)9-8-12-4-2-1-3-5-12/h1-11H,17H2. The summed E-state index contributed by atoms with van der Waals surface area (Å²) < 4.78 is 1.45. The maximum atomic E-state index is 12.3. The molecule has 0 saturated carbocycles. The van der Waals surface area contributed by atoms with Crippen LogP contribution in [-0.4, -0.2) is 9.55 Å². The van der Waals surface area contributed by atoms with Gasteiger partial charge in [0.15, 0.2) is 0 Å². The summed E-state index contributed by atoms with van der Waals surface area (Å²) in [5.74, 6) is 0. The van der Waals surface area contributed by atoms with Crippen LogP contribution in [0.15, 0.2) is 59.7 Å². The summed E-state index contributed by atoms with van der Waals surface area (Å²) in [5, 5.41) is 0.519. The highest BCUT2D eigenvalue weighted by Crippen LogP contribution is 2.11. The highest BCUT2D eigenvalue weighted by Gasteiger charge is 2.02. The molecule has 2 aromatic carbocycles. The number of aromatic nitrogens is 2. The molecule has 0 aliphatic heterocycles. The molecule has 0 bridgehead atoms. The van der Waals surface area contributed by atoms with Gasteiger partial charge >= 0.3 is 0 Å². The van der Waals surface area contributed by atoms with Crippen molar-refractivity contribution in [3.8, 4) is 0 Å². The van der Waals surface area contributed by atoms with E-state index in [1.54, 1.807) is 24.4 Å². The summed E-state index contributed by atoms with van der Waals surface area (Å²) in [6, 6.07) is 14.9. The first-order valence-corrected chi connectivity index (χ1v) is 6.24. The number of fused-ring (bicyclic) bond motifs is 1. The minimum Gasteiger partial charge on any atom is -0.399 e. The van der Waals surface area contributed by atoms with Crippen LogP contribution in [0.4, 0.5) is 5.69 Å². The van der Waals surface area contributed by atoms with Crippen molar-refractivity contribution in [1.82, 2.24) is 9.55 Å². The summed E-state index contributed by atoms with van der Waals surface area (Å²) in [6.07, 6.45) is 5.08. The van der Waals surface area contributed by atoms with Gasteiger partial charge in [-0.25, -0.2) is 4.98 Å². The van der Waals surface area contributed by atoms with E-state index in [1.807, 2.05) is 36.4 Å². The molecule has 0 aliphatic rings. The Hall–Kier alpha value is -2.88.